The zero-order valence-electron chi connectivity index (χ0n) is 12.7. The molecule has 7 heteroatoms. The lowest BCUT2D eigenvalue weighted by molar-refractivity contribution is 0.254. The Bertz CT molecular complexity index is 707. The molecule has 1 unspecified atom stereocenters. The molecule has 1 atom stereocenters. The van der Waals surface area contributed by atoms with Crippen molar-refractivity contribution in [3.63, 3.8) is 0 Å². The first kappa shape index (κ1) is 16.7. The average Bonchev–Trinajstić information content (AvgIpc) is 2.87. The van der Waals surface area contributed by atoms with Gasteiger partial charge in [-0.15, -0.1) is 0 Å². The SMILES string of the molecule is CCC(CO)NS(=O)(=O)c1cn(Cc2ccccc2)nc1C. The maximum Gasteiger partial charge on any atom is 0.244 e. The lowest BCUT2D eigenvalue weighted by atomic mass is 10.2. The third kappa shape index (κ3) is 3.94. The predicted octanol–water partition coefficient (Wildman–Crippen LogP) is 1.29. The molecular weight excluding hydrogens is 302 g/mol. The summed E-state index contributed by atoms with van der Waals surface area (Å²) in [5.41, 5.74) is 1.49. The minimum Gasteiger partial charge on any atom is -0.395 e. The number of hydrogen-bond donors (Lipinski definition) is 2. The van der Waals surface area contributed by atoms with Gasteiger partial charge in [-0.3, -0.25) is 4.68 Å². The van der Waals surface area contributed by atoms with Crippen LogP contribution in [-0.2, 0) is 16.6 Å². The Morgan fingerprint density at radius 3 is 2.59 bits per heavy atom. The minimum atomic E-state index is -3.68. The normalized spacial score (nSPS) is 13.2. The molecular formula is C15H21N3O3S. The number of nitrogens with zero attached hydrogens (tertiary/aromatic N) is 2. The zero-order chi connectivity index (χ0) is 16.2. The summed E-state index contributed by atoms with van der Waals surface area (Å²) in [7, 11) is -3.68. The summed E-state index contributed by atoms with van der Waals surface area (Å²) in [6, 6.07) is 9.22. The quantitative estimate of drug-likeness (QED) is 0.804. The fourth-order valence-corrected chi connectivity index (χ4v) is 3.64. The van der Waals surface area contributed by atoms with Crippen LogP contribution < -0.4 is 4.72 Å². The van der Waals surface area contributed by atoms with Gasteiger partial charge in [0.1, 0.15) is 4.90 Å². The number of hydrogen-bond acceptors (Lipinski definition) is 4. The molecule has 0 radical (unpaired) electrons. The van der Waals surface area contributed by atoms with Crippen molar-refractivity contribution in [2.45, 2.75) is 37.8 Å². The van der Waals surface area contributed by atoms with Crippen LogP contribution in [0.1, 0.15) is 24.6 Å². The van der Waals surface area contributed by atoms with Gasteiger partial charge in [0.15, 0.2) is 0 Å². The molecule has 2 N–H and O–H groups in total. The molecule has 0 saturated carbocycles. The molecule has 0 saturated heterocycles. The molecule has 0 fully saturated rings. The van der Waals surface area contributed by atoms with Crippen LogP contribution in [0, 0.1) is 6.92 Å². The van der Waals surface area contributed by atoms with Crippen molar-refractivity contribution in [1.82, 2.24) is 14.5 Å². The molecule has 120 valence electrons. The van der Waals surface area contributed by atoms with Crippen LogP contribution in [0.15, 0.2) is 41.4 Å². The number of nitrogens with one attached hydrogen (secondary N) is 1. The molecule has 1 aromatic carbocycles. The van der Waals surface area contributed by atoms with Gasteiger partial charge in [0, 0.05) is 12.2 Å². The smallest absolute Gasteiger partial charge is 0.244 e. The van der Waals surface area contributed by atoms with Crippen molar-refractivity contribution in [2.24, 2.45) is 0 Å². The van der Waals surface area contributed by atoms with Crippen LogP contribution in [0.4, 0.5) is 0 Å². The average molecular weight is 323 g/mol. The van der Waals surface area contributed by atoms with E-state index in [0.29, 0.717) is 18.7 Å². The number of sulfonamides is 1. The standard InChI is InChI=1S/C15H21N3O3S/c1-3-14(11-19)17-22(20,21)15-10-18(16-12(15)2)9-13-7-5-4-6-8-13/h4-8,10,14,17,19H,3,9,11H2,1-2H3. The first-order valence-corrected chi connectivity index (χ1v) is 8.65. The van der Waals surface area contributed by atoms with Crippen LogP contribution in [0.3, 0.4) is 0 Å². The van der Waals surface area contributed by atoms with Crippen LogP contribution in [0.2, 0.25) is 0 Å². The van der Waals surface area contributed by atoms with Crippen LogP contribution >= 0.6 is 0 Å². The van der Waals surface area contributed by atoms with E-state index in [1.165, 1.54) is 6.20 Å². The van der Waals surface area contributed by atoms with Gasteiger partial charge in [-0.1, -0.05) is 37.3 Å². The van der Waals surface area contributed by atoms with Crippen molar-refractivity contribution in [1.29, 1.82) is 0 Å². The molecule has 22 heavy (non-hydrogen) atoms. The van der Waals surface area contributed by atoms with Crippen molar-refractivity contribution < 1.29 is 13.5 Å². The van der Waals surface area contributed by atoms with E-state index < -0.39 is 16.1 Å². The first-order valence-electron chi connectivity index (χ1n) is 7.17. The van der Waals surface area contributed by atoms with Crippen molar-refractivity contribution in [2.75, 3.05) is 6.61 Å². The number of aliphatic hydroxyl groups excluding tert-OH is 1. The van der Waals surface area contributed by atoms with Crippen molar-refractivity contribution >= 4 is 10.0 Å². The first-order chi connectivity index (χ1) is 10.5. The van der Waals surface area contributed by atoms with Crippen LogP contribution in [0.5, 0.6) is 0 Å². The Morgan fingerprint density at radius 2 is 2.00 bits per heavy atom. The fourth-order valence-electron chi connectivity index (χ4n) is 2.15. The van der Waals surface area contributed by atoms with E-state index in [1.807, 2.05) is 37.3 Å². The van der Waals surface area contributed by atoms with E-state index in [0.717, 1.165) is 5.56 Å². The molecule has 1 heterocycles. The lowest BCUT2D eigenvalue weighted by Crippen LogP contribution is -2.37. The molecule has 2 aromatic rings. The highest BCUT2D eigenvalue weighted by Gasteiger charge is 2.23. The van der Waals surface area contributed by atoms with Gasteiger partial charge >= 0.3 is 0 Å². The molecule has 2 rings (SSSR count). The molecule has 0 bridgehead atoms. The molecule has 0 spiro atoms. The Balaban J connectivity index is 2.22. The monoisotopic (exact) mass is 323 g/mol. The van der Waals surface area contributed by atoms with Crippen molar-refractivity contribution in [3.8, 4) is 0 Å². The summed E-state index contributed by atoms with van der Waals surface area (Å²) < 4.78 is 28.8. The Kier molecular flexibility index (Phi) is 5.33. The highest BCUT2D eigenvalue weighted by molar-refractivity contribution is 7.89. The van der Waals surface area contributed by atoms with Gasteiger partial charge in [0.05, 0.1) is 18.8 Å². The number of aromatic nitrogens is 2. The third-order valence-electron chi connectivity index (χ3n) is 3.41. The molecule has 0 aliphatic carbocycles. The number of aliphatic hydroxyl groups is 1. The summed E-state index contributed by atoms with van der Waals surface area (Å²) in [4.78, 5) is 0.148. The summed E-state index contributed by atoms with van der Waals surface area (Å²) in [5.74, 6) is 0. The van der Waals surface area contributed by atoms with Crippen molar-refractivity contribution in [3.05, 3.63) is 47.8 Å². The number of benzene rings is 1. The summed E-state index contributed by atoms with van der Waals surface area (Å²) in [5, 5.41) is 13.4. The van der Waals surface area contributed by atoms with Gasteiger partial charge in [0.25, 0.3) is 0 Å². The van der Waals surface area contributed by atoms with Crippen LogP contribution in [-0.4, -0.2) is 36.0 Å². The maximum absolute atomic E-state index is 12.4. The second-order valence-electron chi connectivity index (χ2n) is 5.17. The largest absolute Gasteiger partial charge is 0.395 e. The van der Waals surface area contributed by atoms with E-state index >= 15 is 0 Å². The molecule has 0 aliphatic heterocycles. The second kappa shape index (κ2) is 7.04. The minimum absolute atomic E-state index is 0.148. The van der Waals surface area contributed by atoms with Gasteiger partial charge in [-0.25, -0.2) is 13.1 Å². The van der Waals surface area contributed by atoms with Crippen LogP contribution in [0.25, 0.3) is 0 Å². The van der Waals surface area contributed by atoms with Gasteiger partial charge in [-0.05, 0) is 18.9 Å². The number of aryl methyl sites for hydroxylation is 1. The van der Waals surface area contributed by atoms with E-state index in [9.17, 15) is 8.42 Å². The molecule has 1 aromatic heterocycles. The summed E-state index contributed by atoms with van der Waals surface area (Å²) in [6.45, 7) is 3.76. The Labute approximate surface area is 130 Å². The van der Waals surface area contributed by atoms with E-state index in [2.05, 4.69) is 9.82 Å². The molecule has 6 nitrogen and oxygen atoms in total. The Morgan fingerprint density at radius 1 is 1.32 bits per heavy atom. The van der Waals surface area contributed by atoms with E-state index in [-0.39, 0.29) is 11.5 Å². The van der Waals surface area contributed by atoms with Gasteiger partial charge in [0.2, 0.25) is 10.0 Å². The van der Waals surface area contributed by atoms with E-state index in [4.69, 9.17) is 5.11 Å². The van der Waals surface area contributed by atoms with Gasteiger partial charge in [-0.2, -0.15) is 5.10 Å². The summed E-state index contributed by atoms with van der Waals surface area (Å²) >= 11 is 0. The van der Waals surface area contributed by atoms with E-state index in [1.54, 1.807) is 11.6 Å². The Hall–Kier alpha value is -1.70. The maximum atomic E-state index is 12.4. The fraction of sp³-hybridized carbons (Fsp3) is 0.400. The number of rotatable bonds is 7. The molecule has 0 aliphatic rings. The summed E-state index contributed by atoms with van der Waals surface area (Å²) in [6.07, 6.45) is 2.04. The second-order valence-corrected chi connectivity index (χ2v) is 6.85. The third-order valence-corrected chi connectivity index (χ3v) is 5.04. The zero-order valence-corrected chi connectivity index (χ0v) is 13.5. The highest BCUT2D eigenvalue weighted by atomic mass is 32.2. The topological polar surface area (TPSA) is 84.2 Å². The highest BCUT2D eigenvalue weighted by Crippen LogP contribution is 2.15. The van der Waals surface area contributed by atoms with Gasteiger partial charge < -0.3 is 5.11 Å². The predicted molar refractivity (Wildman–Crippen MR) is 84.0 cm³/mol. The molecule has 0 amide bonds. The lowest BCUT2D eigenvalue weighted by Gasteiger charge is -2.13.